The Morgan fingerprint density at radius 1 is 1.32 bits per heavy atom. The first-order valence-corrected chi connectivity index (χ1v) is 7.78. The Hall–Kier alpha value is -0.620. The van der Waals surface area contributed by atoms with E-state index in [0.29, 0.717) is 17.4 Å². The summed E-state index contributed by atoms with van der Waals surface area (Å²) >= 11 is 0. The highest BCUT2D eigenvalue weighted by atomic mass is 35.5. The van der Waals surface area contributed by atoms with E-state index in [9.17, 15) is 8.42 Å². The summed E-state index contributed by atoms with van der Waals surface area (Å²) < 4.78 is 27.5. The lowest BCUT2D eigenvalue weighted by Crippen LogP contribution is -2.50. The average molecular weight is 305 g/mol. The van der Waals surface area contributed by atoms with E-state index >= 15 is 0 Å². The van der Waals surface area contributed by atoms with Crippen LogP contribution in [0.4, 0.5) is 0 Å². The van der Waals surface area contributed by atoms with Crippen LogP contribution < -0.4 is 10.0 Å². The van der Waals surface area contributed by atoms with Crippen molar-refractivity contribution in [1.29, 1.82) is 0 Å². The summed E-state index contributed by atoms with van der Waals surface area (Å²) in [7, 11) is -3.41. The quantitative estimate of drug-likeness (QED) is 0.893. The van der Waals surface area contributed by atoms with Crippen LogP contribution in [0.1, 0.15) is 18.9 Å². The van der Waals surface area contributed by atoms with Crippen molar-refractivity contribution in [3.8, 4) is 0 Å². The number of aryl methyl sites for hydroxylation is 1. The molecule has 1 fully saturated rings. The molecule has 2 N–H and O–H groups in total. The Morgan fingerprint density at radius 3 is 2.63 bits per heavy atom. The van der Waals surface area contributed by atoms with E-state index < -0.39 is 10.0 Å². The second-order valence-corrected chi connectivity index (χ2v) is 6.65. The van der Waals surface area contributed by atoms with Crippen LogP contribution in [0, 0.1) is 12.8 Å². The third kappa shape index (κ3) is 3.92. The maximum absolute atomic E-state index is 12.3. The third-order valence-electron chi connectivity index (χ3n) is 3.52. The fraction of sp³-hybridized carbons (Fsp3) is 0.538. The molecule has 0 bridgehead atoms. The first-order chi connectivity index (χ1) is 8.50. The maximum atomic E-state index is 12.3. The SMILES string of the molecule is Cc1ccccc1S(=O)(=O)NC1CNCCC1C.Cl. The van der Waals surface area contributed by atoms with E-state index in [1.807, 2.05) is 19.1 Å². The van der Waals surface area contributed by atoms with Gasteiger partial charge in [0.05, 0.1) is 4.90 Å². The zero-order valence-corrected chi connectivity index (χ0v) is 12.9. The fourth-order valence-corrected chi connectivity index (χ4v) is 3.86. The molecule has 1 saturated heterocycles. The summed E-state index contributed by atoms with van der Waals surface area (Å²) in [6.45, 7) is 5.57. The molecular weight excluding hydrogens is 284 g/mol. The van der Waals surface area contributed by atoms with E-state index in [2.05, 4.69) is 17.0 Å². The molecule has 0 spiro atoms. The van der Waals surface area contributed by atoms with Crippen molar-refractivity contribution in [2.75, 3.05) is 13.1 Å². The van der Waals surface area contributed by atoms with Gasteiger partial charge in [0.15, 0.2) is 0 Å². The summed E-state index contributed by atoms with van der Waals surface area (Å²) in [4.78, 5) is 0.378. The molecule has 6 heteroatoms. The van der Waals surface area contributed by atoms with E-state index in [0.717, 1.165) is 18.5 Å². The number of nitrogens with one attached hydrogen (secondary N) is 2. The van der Waals surface area contributed by atoms with Gasteiger partial charge in [0.25, 0.3) is 0 Å². The molecule has 1 aromatic rings. The minimum Gasteiger partial charge on any atom is -0.315 e. The number of piperidine rings is 1. The predicted molar refractivity (Wildman–Crippen MR) is 79.2 cm³/mol. The van der Waals surface area contributed by atoms with Crippen molar-refractivity contribution in [3.05, 3.63) is 29.8 Å². The number of hydrogen-bond donors (Lipinski definition) is 2. The molecule has 1 aliphatic rings. The minimum absolute atomic E-state index is 0. The predicted octanol–water partition coefficient (Wildman–Crippen LogP) is 1.69. The molecule has 108 valence electrons. The van der Waals surface area contributed by atoms with Gasteiger partial charge in [-0.25, -0.2) is 13.1 Å². The van der Waals surface area contributed by atoms with Gasteiger partial charge in [-0.2, -0.15) is 0 Å². The van der Waals surface area contributed by atoms with Crippen molar-refractivity contribution in [3.63, 3.8) is 0 Å². The van der Waals surface area contributed by atoms with Crippen molar-refractivity contribution >= 4 is 22.4 Å². The summed E-state index contributed by atoms with van der Waals surface area (Å²) in [5, 5.41) is 3.23. The summed E-state index contributed by atoms with van der Waals surface area (Å²) in [6, 6.07) is 7.04. The molecule has 19 heavy (non-hydrogen) atoms. The number of sulfonamides is 1. The number of halogens is 1. The van der Waals surface area contributed by atoms with Gasteiger partial charge in [0.1, 0.15) is 0 Å². The normalized spacial score (nSPS) is 23.7. The molecule has 0 aliphatic carbocycles. The average Bonchev–Trinajstić information content (AvgIpc) is 2.32. The van der Waals surface area contributed by atoms with Crippen LogP contribution in [0.2, 0.25) is 0 Å². The van der Waals surface area contributed by atoms with E-state index in [-0.39, 0.29) is 18.4 Å². The molecule has 0 amide bonds. The van der Waals surface area contributed by atoms with Crippen LogP contribution in [0.3, 0.4) is 0 Å². The van der Waals surface area contributed by atoms with Crippen LogP contribution in [0.25, 0.3) is 0 Å². The van der Waals surface area contributed by atoms with Crippen molar-refractivity contribution in [1.82, 2.24) is 10.0 Å². The lowest BCUT2D eigenvalue weighted by atomic mass is 9.96. The molecule has 2 rings (SSSR count). The Morgan fingerprint density at radius 2 is 2.00 bits per heavy atom. The first-order valence-electron chi connectivity index (χ1n) is 6.29. The van der Waals surface area contributed by atoms with Gasteiger partial charge in [0, 0.05) is 12.6 Å². The van der Waals surface area contributed by atoms with Crippen molar-refractivity contribution < 1.29 is 8.42 Å². The second kappa shape index (κ2) is 6.70. The molecule has 1 aromatic carbocycles. The summed E-state index contributed by atoms with van der Waals surface area (Å²) in [6.07, 6.45) is 1.00. The van der Waals surface area contributed by atoms with Crippen LogP contribution in [-0.2, 0) is 10.0 Å². The van der Waals surface area contributed by atoms with Gasteiger partial charge < -0.3 is 5.32 Å². The molecule has 0 radical (unpaired) electrons. The maximum Gasteiger partial charge on any atom is 0.241 e. The lowest BCUT2D eigenvalue weighted by Gasteiger charge is -2.30. The van der Waals surface area contributed by atoms with Crippen LogP contribution in [-0.4, -0.2) is 27.5 Å². The number of hydrogen-bond acceptors (Lipinski definition) is 3. The molecule has 2 unspecified atom stereocenters. The molecule has 1 heterocycles. The highest BCUT2D eigenvalue weighted by Crippen LogP contribution is 2.18. The largest absolute Gasteiger partial charge is 0.315 e. The number of benzene rings is 1. The van der Waals surface area contributed by atoms with Crippen LogP contribution in [0.5, 0.6) is 0 Å². The van der Waals surface area contributed by atoms with Gasteiger partial charge in [-0.1, -0.05) is 25.1 Å². The Kier molecular flexibility index (Phi) is 5.80. The summed E-state index contributed by atoms with van der Waals surface area (Å²) in [5.74, 6) is 0.366. The smallest absolute Gasteiger partial charge is 0.241 e. The topological polar surface area (TPSA) is 58.2 Å². The molecule has 1 aliphatic heterocycles. The van der Waals surface area contributed by atoms with E-state index in [1.165, 1.54) is 0 Å². The van der Waals surface area contributed by atoms with Gasteiger partial charge >= 0.3 is 0 Å². The zero-order valence-electron chi connectivity index (χ0n) is 11.2. The zero-order chi connectivity index (χ0) is 13.2. The Bertz CT molecular complexity index is 519. The monoisotopic (exact) mass is 304 g/mol. The standard InChI is InChI=1S/C13H20N2O2S.ClH/c1-10-7-8-14-9-12(10)15-18(16,17)13-6-4-3-5-11(13)2;/h3-6,10,12,14-15H,7-9H2,1-2H3;1H. The molecule has 0 aromatic heterocycles. The third-order valence-corrected chi connectivity index (χ3v) is 5.17. The second-order valence-electron chi connectivity index (χ2n) is 4.96. The van der Waals surface area contributed by atoms with E-state index in [1.54, 1.807) is 12.1 Å². The molecular formula is C13H21ClN2O2S. The van der Waals surface area contributed by atoms with E-state index in [4.69, 9.17) is 0 Å². The lowest BCUT2D eigenvalue weighted by molar-refractivity contribution is 0.327. The highest BCUT2D eigenvalue weighted by Gasteiger charge is 2.27. The van der Waals surface area contributed by atoms with Crippen LogP contribution in [0.15, 0.2) is 29.2 Å². The molecule has 2 atom stereocenters. The Balaban J connectivity index is 0.00000180. The fourth-order valence-electron chi connectivity index (χ4n) is 2.27. The first kappa shape index (κ1) is 16.4. The van der Waals surface area contributed by atoms with Gasteiger partial charge in [-0.05, 0) is 37.4 Å². The van der Waals surface area contributed by atoms with Crippen molar-refractivity contribution in [2.45, 2.75) is 31.2 Å². The van der Waals surface area contributed by atoms with Crippen molar-refractivity contribution in [2.24, 2.45) is 5.92 Å². The molecule has 4 nitrogen and oxygen atoms in total. The van der Waals surface area contributed by atoms with Crippen LogP contribution >= 0.6 is 12.4 Å². The minimum atomic E-state index is -3.41. The summed E-state index contributed by atoms with van der Waals surface area (Å²) in [5.41, 5.74) is 0.779. The van der Waals surface area contributed by atoms with Gasteiger partial charge in [0.2, 0.25) is 10.0 Å². The Labute approximate surface area is 121 Å². The molecule has 0 saturated carbocycles. The number of rotatable bonds is 3. The highest BCUT2D eigenvalue weighted by molar-refractivity contribution is 7.89. The van der Waals surface area contributed by atoms with Gasteiger partial charge in [-0.3, -0.25) is 0 Å². The van der Waals surface area contributed by atoms with Gasteiger partial charge in [-0.15, -0.1) is 12.4 Å².